The smallest absolute Gasteiger partial charge is 0.234 e. The molecule has 1 aliphatic rings. The summed E-state index contributed by atoms with van der Waals surface area (Å²) in [5.74, 6) is 1.28. The van der Waals surface area contributed by atoms with Crippen LogP contribution >= 0.6 is 11.8 Å². The van der Waals surface area contributed by atoms with Gasteiger partial charge in [-0.2, -0.15) is 0 Å². The van der Waals surface area contributed by atoms with E-state index >= 15 is 0 Å². The molecule has 1 amide bonds. The number of benzene rings is 3. The Morgan fingerprint density at radius 2 is 1.59 bits per heavy atom. The molecule has 0 aromatic heterocycles. The van der Waals surface area contributed by atoms with E-state index in [2.05, 4.69) is 5.32 Å². The lowest BCUT2D eigenvalue weighted by Gasteiger charge is -2.11. The normalized spacial score (nSPS) is 12.7. The van der Waals surface area contributed by atoms with E-state index in [1.54, 1.807) is 32.4 Å². The predicted molar refractivity (Wildman–Crippen MR) is 131 cm³/mol. The highest BCUT2D eigenvalue weighted by Gasteiger charge is 2.17. The zero-order valence-corrected chi connectivity index (χ0v) is 18.7. The molecule has 0 spiro atoms. The van der Waals surface area contributed by atoms with Crippen molar-refractivity contribution < 1.29 is 14.3 Å². The fourth-order valence-electron chi connectivity index (χ4n) is 3.30. The minimum absolute atomic E-state index is 0.124. The fraction of sp³-hybridized carbons (Fsp3) is 0.160. The maximum Gasteiger partial charge on any atom is 0.234 e. The van der Waals surface area contributed by atoms with Crippen LogP contribution in [0.1, 0.15) is 12.0 Å². The van der Waals surface area contributed by atoms with Gasteiger partial charge in [0.15, 0.2) is 11.5 Å². The zero-order valence-electron chi connectivity index (χ0n) is 17.9. The lowest BCUT2D eigenvalue weighted by atomic mass is 10.1. The number of nitrogens with one attached hydrogen (secondary N) is 1. The molecule has 0 atom stereocenters. The molecule has 0 unspecified atom stereocenters. The summed E-state index contributed by atoms with van der Waals surface area (Å²) >= 11 is 1.42. The molecule has 7 heteroatoms. The van der Waals surface area contributed by atoms with E-state index in [-0.39, 0.29) is 11.7 Å². The van der Waals surface area contributed by atoms with Gasteiger partial charge in [-0.1, -0.05) is 42.5 Å². The number of carbonyl (C=O) groups excluding carboxylic acids is 1. The Kier molecular flexibility index (Phi) is 6.87. The van der Waals surface area contributed by atoms with E-state index < -0.39 is 0 Å². The largest absolute Gasteiger partial charge is 0.493 e. The number of para-hydroxylation sites is 2. The molecule has 1 aliphatic heterocycles. The van der Waals surface area contributed by atoms with Crippen molar-refractivity contribution in [2.45, 2.75) is 6.42 Å². The van der Waals surface area contributed by atoms with Crippen LogP contribution in [-0.2, 0) is 4.79 Å². The molecule has 3 aromatic rings. The second-order valence-electron chi connectivity index (χ2n) is 7.00. The van der Waals surface area contributed by atoms with Gasteiger partial charge in [-0.05, 0) is 29.8 Å². The number of rotatable bonds is 6. The number of fused-ring (bicyclic) bond motifs is 1. The second-order valence-corrected chi connectivity index (χ2v) is 8.05. The molecule has 4 rings (SSSR count). The summed E-state index contributed by atoms with van der Waals surface area (Å²) in [5, 5.41) is 3.75. The number of methoxy groups -OCH3 is 2. The van der Waals surface area contributed by atoms with Crippen LogP contribution in [-0.4, -0.2) is 36.6 Å². The number of hydrogen-bond donors (Lipinski definition) is 1. The quantitative estimate of drug-likeness (QED) is 0.534. The zero-order chi connectivity index (χ0) is 22.3. The van der Waals surface area contributed by atoms with Crippen LogP contribution in [0, 0.1) is 0 Å². The van der Waals surface area contributed by atoms with Crippen LogP contribution in [0.15, 0.2) is 82.8 Å². The first-order chi connectivity index (χ1) is 15.7. The van der Waals surface area contributed by atoms with Gasteiger partial charge in [0.1, 0.15) is 0 Å². The van der Waals surface area contributed by atoms with Crippen LogP contribution in [0.2, 0.25) is 0 Å². The number of hydrogen-bond acceptors (Lipinski definition) is 6. The molecule has 0 radical (unpaired) electrons. The number of amides is 1. The van der Waals surface area contributed by atoms with Crippen molar-refractivity contribution in [1.29, 1.82) is 0 Å². The maximum absolute atomic E-state index is 12.6. The predicted octanol–water partition coefficient (Wildman–Crippen LogP) is 5.63. The van der Waals surface area contributed by atoms with Gasteiger partial charge < -0.3 is 14.8 Å². The lowest BCUT2D eigenvalue weighted by molar-refractivity contribution is -0.113. The highest BCUT2D eigenvalue weighted by atomic mass is 32.2. The number of ether oxygens (including phenoxy) is 2. The summed E-state index contributed by atoms with van der Waals surface area (Å²) in [6.07, 6.45) is 0.562. The lowest BCUT2D eigenvalue weighted by Crippen LogP contribution is -2.16. The highest BCUT2D eigenvalue weighted by molar-refractivity contribution is 8.14. The van der Waals surface area contributed by atoms with E-state index in [9.17, 15) is 4.79 Å². The van der Waals surface area contributed by atoms with Crippen LogP contribution < -0.4 is 14.8 Å². The third-order valence-electron chi connectivity index (χ3n) is 4.85. The standard InChI is InChI=1S/C25H23N3O3S/c1-30-22-13-12-18(14-23(22)31-2)26-24(29)16-32-25-15-21(17-8-4-3-5-9-17)27-19-10-6-7-11-20(19)28-25/h3-14H,15-16H2,1-2H3,(H,26,29). The van der Waals surface area contributed by atoms with Gasteiger partial charge >= 0.3 is 0 Å². The first kappa shape index (κ1) is 21.6. The summed E-state index contributed by atoms with van der Waals surface area (Å²) in [6, 6.07) is 23.1. The molecule has 0 saturated heterocycles. The Morgan fingerprint density at radius 3 is 2.31 bits per heavy atom. The van der Waals surface area contributed by atoms with Crippen LogP contribution in [0.25, 0.3) is 0 Å². The van der Waals surface area contributed by atoms with Crippen molar-refractivity contribution in [2.24, 2.45) is 9.98 Å². The maximum atomic E-state index is 12.6. The van der Waals surface area contributed by atoms with Crippen molar-refractivity contribution >= 4 is 45.5 Å². The second kappa shape index (κ2) is 10.2. The molecular formula is C25H23N3O3S. The summed E-state index contributed by atoms with van der Waals surface area (Å²) in [6.45, 7) is 0. The Hall–Kier alpha value is -3.58. The molecule has 0 bridgehead atoms. The third-order valence-corrected chi connectivity index (χ3v) is 5.82. The highest BCUT2D eigenvalue weighted by Crippen LogP contribution is 2.33. The van der Waals surface area contributed by atoms with Gasteiger partial charge in [0, 0.05) is 18.2 Å². The number of carbonyl (C=O) groups is 1. The molecular weight excluding hydrogens is 422 g/mol. The Labute approximate surface area is 191 Å². The Balaban J connectivity index is 1.48. The van der Waals surface area contributed by atoms with Crippen molar-refractivity contribution in [3.05, 3.63) is 78.4 Å². The van der Waals surface area contributed by atoms with Crippen molar-refractivity contribution in [2.75, 3.05) is 25.3 Å². The van der Waals surface area contributed by atoms with Gasteiger partial charge in [0.05, 0.1) is 42.1 Å². The summed E-state index contributed by atoms with van der Waals surface area (Å²) in [7, 11) is 3.14. The van der Waals surface area contributed by atoms with E-state index in [1.807, 2.05) is 54.6 Å². The average molecular weight is 446 g/mol. The molecule has 6 nitrogen and oxygen atoms in total. The van der Waals surface area contributed by atoms with Crippen molar-refractivity contribution in [3.8, 4) is 11.5 Å². The fourth-order valence-corrected chi connectivity index (χ4v) is 4.07. The topological polar surface area (TPSA) is 72.3 Å². The molecule has 32 heavy (non-hydrogen) atoms. The average Bonchev–Trinajstić information content (AvgIpc) is 3.02. The minimum atomic E-state index is -0.124. The van der Waals surface area contributed by atoms with Gasteiger partial charge in [-0.3, -0.25) is 9.79 Å². The molecule has 3 aromatic carbocycles. The van der Waals surface area contributed by atoms with E-state index in [0.717, 1.165) is 27.7 Å². The van der Waals surface area contributed by atoms with Gasteiger partial charge in [0.25, 0.3) is 0 Å². The van der Waals surface area contributed by atoms with Crippen LogP contribution in [0.3, 0.4) is 0 Å². The van der Waals surface area contributed by atoms with Crippen LogP contribution in [0.5, 0.6) is 11.5 Å². The number of anilines is 1. The van der Waals surface area contributed by atoms with E-state index in [1.165, 1.54) is 11.8 Å². The molecule has 0 saturated carbocycles. The summed E-state index contributed by atoms with van der Waals surface area (Å²) < 4.78 is 10.5. The van der Waals surface area contributed by atoms with E-state index in [4.69, 9.17) is 19.5 Å². The Bertz CT molecular complexity index is 1180. The molecule has 0 aliphatic carbocycles. The monoisotopic (exact) mass is 445 g/mol. The number of aliphatic imine (C=N–C) groups is 2. The van der Waals surface area contributed by atoms with E-state index in [0.29, 0.717) is 23.6 Å². The SMILES string of the molecule is COc1ccc(NC(=O)CSC2=Nc3ccccc3N=C(c3ccccc3)C2)cc1OC. The summed E-state index contributed by atoms with van der Waals surface area (Å²) in [5.41, 5.74) is 4.26. The van der Waals surface area contributed by atoms with Crippen molar-refractivity contribution in [1.82, 2.24) is 0 Å². The number of thioether (sulfide) groups is 1. The molecule has 162 valence electrons. The van der Waals surface area contributed by atoms with Gasteiger partial charge in [-0.15, -0.1) is 11.8 Å². The molecule has 1 heterocycles. The first-order valence-corrected chi connectivity index (χ1v) is 11.1. The number of nitrogens with zero attached hydrogens (tertiary/aromatic N) is 2. The van der Waals surface area contributed by atoms with Crippen LogP contribution in [0.4, 0.5) is 17.1 Å². The van der Waals surface area contributed by atoms with Crippen molar-refractivity contribution in [3.63, 3.8) is 0 Å². The van der Waals surface area contributed by atoms with Gasteiger partial charge in [-0.25, -0.2) is 4.99 Å². The summed E-state index contributed by atoms with van der Waals surface area (Å²) in [4.78, 5) is 22.2. The Morgan fingerprint density at radius 1 is 0.906 bits per heavy atom. The molecule has 1 N–H and O–H groups in total. The molecule has 0 fully saturated rings. The van der Waals surface area contributed by atoms with Gasteiger partial charge in [0.2, 0.25) is 5.91 Å². The minimum Gasteiger partial charge on any atom is -0.493 e. The first-order valence-electron chi connectivity index (χ1n) is 10.1. The third kappa shape index (κ3) is 5.18.